The van der Waals surface area contributed by atoms with Gasteiger partial charge in [-0.05, 0) is 17.7 Å². The van der Waals surface area contributed by atoms with E-state index in [1.165, 1.54) is 0 Å². The van der Waals surface area contributed by atoms with Gasteiger partial charge in [-0.15, -0.1) is 0 Å². The standard InChI is InChI=1S/C26H23FN2O/c1-26(2,3)25(30)29-21-16-10-8-14-19(21)24-23(27)22(17-11-5-4-6-12-17)18-13-7-9-15-20(18)28-24/h4-16H,1-3H3,(H,29,30). The van der Waals surface area contributed by atoms with Crippen LogP contribution in [-0.2, 0) is 4.79 Å². The van der Waals surface area contributed by atoms with Crippen molar-refractivity contribution in [2.24, 2.45) is 5.41 Å². The molecule has 0 saturated heterocycles. The molecule has 0 saturated carbocycles. The average Bonchev–Trinajstić information content (AvgIpc) is 2.74. The Morgan fingerprint density at radius 3 is 2.23 bits per heavy atom. The van der Waals surface area contributed by atoms with E-state index < -0.39 is 11.2 Å². The molecular weight excluding hydrogens is 375 g/mol. The number of carbonyl (C=O) groups excluding carboxylic acids is 1. The summed E-state index contributed by atoms with van der Waals surface area (Å²) < 4.78 is 16.0. The fourth-order valence-corrected chi connectivity index (χ4v) is 3.36. The summed E-state index contributed by atoms with van der Waals surface area (Å²) in [5, 5.41) is 3.69. The van der Waals surface area contributed by atoms with Crippen LogP contribution in [0.3, 0.4) is 0 Å². The van der Waals surface area contributed by atoms with Crippen molar-refractivity contribution in [3.05, 3.63) is 84.7 Å². The minimum absolute atomic E-state index is 0.139. The first kappa shape index (κ1) is 19.8. The number of carbonyl (C=O) groups is 1. The van der Waals surface area contributed by atoms with Crippen LogP contribution in [0.4, 0.5) is 10.1 Å². The second kappa shape index (κ2) is 7.71. The largest absolute Gasteiger partial charge is 0.325 e. The Morgan fingerprint density at radius 2 is 1.50 bits per heavy atom. The molecule has 0 bridgehead atoms. The van der Waals surface area contributed by atoms with Gasteiger partial charge in [-0.2, -0.15) is 0 Å². The van der Waals surface area contributed by atoms with Gasteiger partial charge in [0.15, 0.2) is 5.82 Å². The summed E-state index contributed by atoms with van der Waals surface area (Å²) in [4.78, 5) is 17.2. The maximum Gasteiger partial charge on any atom is 0.229 e. The zero-order valence-electron chi connectivity index (χ0n) is 17.2. The predicted molar refractivity (Wildman–Crippen MR) is 121 cm³/mol. The SMILES string of the molecule is CC(C)(C)C(=O)Nc1ccccc1-c1nc2ccccc2c(-c2ccccc2)c1F. The van der Waals surface area contributed by atoms with Gasteiger partial charge in [0.05, 0.1) is 11.2 Å². The number of hydrogen-bond acceptors (Lipinski definition) is 2. The Hall–Kier alpha value is -3.53. The minimum atomic E-state index is -0.572. The lowest BCUT2D eigenvalue weighted by molar-refractivity contribution is -0.123. The van der Waals surface area contributed by atoms with Crippen molar-refractivity contribution in [3.63, 3.8) is 0 Å². The number of nitrogens with one attached hydrogen (secondary N) is 1. The number of rotatable bonds is 3. The molecule has 4 aromatic rings. The number of fused-ring (bicyclic) bond motifs is 1. The van der Waals surface area contributed by atoms with Gasteiger partial charge in [0.25, 0.3) is 0 Å². The number of nitrogens with zero attached hydrogens (tertiary/aromatic N) is 1. The molecule has 150 valence electrons. The maximum atomic E-state index is 16.0. The number of halogens is 1. The quantitative estimate of drug-likeness (QED) is 0.418. The van der Waals surface area contributed by atoms with E-state index in [-0.39, 0.29) is 11.6 Å². The van der Waals surface area contributed by atoms with E-state index in [1.54, 1.807) is 12.1 Å². The second-order valence-electron chi connectivity index (χ2n) is 8.28. The van der Waals surface area contributed by atoms with Crippen molar-refractivity contribution in [2.75, 3.05) is 5.32 Å². The van der Waals surface area contributed by atoms with Gasteiger partial charge in [-0.3, -0.25) is 4.79 Å². The van der Waals surface area contributed by atoms with Crippen molar-refractivity contribution >= 4 is 22.5 Å². The highest BCUT2D eigenvalue weighted by molar-refractivity contribution is 6.01. The number of anilines is 1. The van der Waals surface area contributed by atoms with Gasteiger partial charge in [0, 0.05) is 21.9 Å². The lowest BCUT2D eigenvalue weighted by Gasteiger charge is -2.20. The van der Waals surface area contributed by atoms with E-state index in [1.807, 2.05) is 87.5 Å². The van der Waals surface area contributed by atoms with Crippen molar-refractivity contribution in [1.29, 1.82) is 0 Å². The third kappa shape index (κ3) is 3.69. The van der Waals surface area contributed by atoms with Crippen LogP contribution in [0.2, 0.25) is 0 Å². The molecular formula is C26H23FN2O. The number of amides is 1. The van der Waals surface area contributed by atoms with E-state index in [2.05, 4.69) is 10.3 Å². The molecule has 4 heteroatoms. The predicted octanol–water partition coefficient (Wildman–Crippen LogP) is 6.69. The summed E-state index contributed by atoms with van der Waals surface area (Å²) in [6.45, 7) is 5.52. The maximum absolute atomic E-state index is 16.0. The summed E-state index contributed by atoms with van der Waals surface area (Å²) in [5.74, 6) is -0.545. The monoisotopic (exact) mass is 398 g/mol. The second-order valence-corrected chi connectivity index (χ2v) is 8.28. The molecule has 1 heterocycles. The molecule has 1 N–H and O–H groups in total. The molecule has 0 atom stereocenters. The van der Waals surface area contributed by atoms with E-state index in [9.17, 15) is 4.79 Å². The van der Waals surface area contributed by atoms with Crippen LogP contribution in [0.1, 0.15) is 20.8 Å². The van der Waals surface area contributed by atoms with Crippen molar-refractivity contribution in [2.45, 2.75) is 20.8 Å². The fraction of sp³-hybridized carbons (Fsp3) is 0.154. The topological polar surface area (TPSA) is 42.0 Å². The fourth-order valence-electron chi connectivity index (χ4n) is 3.36. The molecule has 0 aliphatic carbocycles. The molecule has 3 nitrogen and oxygen atoms in total. The Morgan fingerprint density at radius 1 is 0.867 bits per heavy atom. The summed E-state index contributed by atoms with van der Waals surface area (Å²) in [6.07, 6.45) is 0. The molecule has 0 aliphatic heterocycles. The molecule has 30 heavy (non-hydrogen) atoms. The molecule has 0 fully saturated rings. The molecule has 3 aromatic carbocycles. The molecule has 4 rings (SSSR count). The Balaban J connectivity index is 1.96. The van der Waals surface area contributed by atoms with E-state index in [0.29, 0.717) is 22.3 Å². The van der Waals surface area contributed by atoms with Crippen LogP contribution in [-0.4, -0.2) is 10.9 Å². The normalized spacial score (nSPS) is 11.5. The number of pyridine rings is 1. The summed E-state index contributed by atoms with van der Waals surface area (Å²) in [7, 11) is 0. The first-order chi connectivity index (χ1) is 14.4. The Kier molecular flexibility index (Phi) is 5.08. The van der Waals surface area contributed by atoms with Gasteiger partial charge in [0.1, 0.15) is 5.69 Å². The van der Waals surface area contributed by atoms with Gasteiger partial charge >= 0.3 is 0 Å². The molecule has 1 amide bonds. The molecule has 0 unspecified atom stereocenters. The van der Waals surface area contributed by atoms with Crippen LogP contribution in [0.5, 0.6) is 0 Å². The lowest BCUT2D eigenvalue weighted by Crippen LogP contribution is -2.27. The lowest BCUT2D eigenvalue weighted by atomic mass is 9.94. The van der Waals surface area contributed by atoms with Gasteiger partial charge in [-0.1, -0.05) is 87.5 Å². The van der Waals surface area contributed by atoms with Crippen LogP contribution < -0.4 is 5.32 Å². The zero-order chi connectivity index (χ0) is 21.3. The number of benzene rings is 3. The average molecular weight is 398 g/mol. The molecule has 0 radical (unpaired) electrons. The highest BCUT2D eigenvalue weighted by Crippen LogP contribution is 2.38. The molecule has 0 spiro atoms. The van der Waals surface area contributed by atoms with Crippen molar-refractivity contribution in [1.82, 2.24) is 4.98 Å². The van der Waals surface area contributed by atoms with Gasteiger partial charge < -0.3 is 5.32 Å². The smallest absolute Gasteiger partial charge is 0.229 e. The summed E-state index contributed by atoms with van der Waals surface area (Å²) in [5.41, 5.74) is 2.73. The Labute approximate surface area is 175 Å². The number of para-hydroxylation sites is 2. The minimum Gasteiger partial charge on any atom is -0.325 e. The first-order valence-corrected chi connectivity index (χ1v) is 9.91. The third-order valence-electron chi connectivity index (χ3n) is 5.01. The van der Waals surface area contributed by atoms with Gasteiger partial charge in [0.2, 0.25) is 5.91 Å². The summed E-state index contributed by atoms with van der Waals surface area (Å²) >= 11 is 0. The third-order valence-corrected chi connectivity index (χ3v) is 5.01. The highest BCUT2D eigenvalue weighted by Gasteiger charge is 2.24. The highest BCUT2D eigenvalue weighted by atomic mass is 19.1. The zero-order valence-corrected chi connectivity index (χ0v) is 17.2. The molecule has 0 aliphatic rings. The Bertz CT molecular complexity index is 1230. The van der Waals surface area contributed by atoms with E-state index in [4.69, 9.17) is 0 Å². The van der Waals surface area contributed by atoms with Crippen molar-refractivity contribution in [3.8, 4) is 22.4 Å². The molecule has 1 aromatic heterocycles. The van der Waals surface area contributed by atoms with Crippen molar-refractivity contribution < 1.29 is 9.18 Å². The summed E-state index contributed by atoms with van der Waals surface area (Å²) in [6, 6.07) is 24.2. The number of aromatic nitrogens is 1. The van der Waals surface area contributed by atoms with Crippen LogP contribution in [0, 0.1) is 11.2 Å². The van der Waals surface area contributed by atoms with Gasteiger partial charge in [-0.25, -0.2) is 9.37 Å². The van der Waals surface area contributed by atoms with E-state index >= 15 is 4.39 Å². The van der Waals surface area contributed by atoms with Crippen LogP contribution >= 0.6 is 0 Å². The van der Waals surface area contributed by atoms with E-state index in [0.717, 1.165) is 10.9 Å². The van der Waals surface area contributed by atoms with Crippen LogP contribution in [0.25, 0.3) is 33.3 Å². The first-order valence-electron chi connectivity index (χ1n) is 9.91. The van der Waals surface area contributed by atoms with Crippen LogP contribution in [0.15, 0.2) is 78.9 Å². The number of hydrogen-bond donors (Lipinski definition) is 1.